The summed E-state index contributed by atoms with van der Waals surface area (Å²) >= 11 is 7.30. The zero-order chi connectivity index (χ0) is 14.7. The summed E-state index contributed by atoms with van der Waals surface area (Å²) in [4.78, 5) is 27.5. The molecule has 2 rings (SSSR count). The number of halogens is 1. The summed E-state index contributed by atoms with van der Waals surface area (Å²) < 4.78 is 0.708. The maximum absolute atomic E-state index is 12.0. The third kappa shape index (κ3) is 3.66. The first-order valence-electron chi connectivity index (χ1n) is 5.74. The van der Waals surface area contributed by atoms with E-state index in [9.17, 15) is 14.9 Å². The molecule has 0 unspecified atom stereocenters. The number of hydrogen-bond donors (Lipinski definition) is 1. The Balaban J connectivity index is 1.94. The number of nitro groups is 1. The highest BCUT2D eigenvalue weighted by atomic mass is 35.5. The second-order valence-corrected chi connectivity index (χ2v) is 6.13. The first kappa shape index (κ1) is 14.7. The Labute approximate surface area is 124 Å². The number of H-pyrrole nitrogens is 1. The van der Waals surface area contributed by atoms with Gasteiger partial charge in [0.15, 0.2) is 5.78 Å². The molecule has 20 heavy (non-hydrogen) atoms. The normalized spacial score (nSPS) is 10.9. The Hall–Kier alpha value is -1.70. The van der Waals surface area contributed by atoms with E-state index in [1.807, 2.05) is 24.1 Å². The minimum atomic E-state index is -0.537. The van der Waals surface area contributed by atoms with Gasteiger partial charge in [0.25, 0.3) is 5.69 Å². The molecule has 106 valence electrons. The van der Waals surface area contributed by atoms with Gasteiger partial charge in [0.1, 0.15) is 0 Å². The number of nitrogens with one attached hydrogen (secondary N) is 1. The van der Waals surface area contributed by atoms with Gasteiger partial charge in [-0.15, -0.1) is 11.3 Å². The van der Waals surface area contributed by atoms with Crippen LogP contribution in [0.1, 0.15) is 15.4 Å². The van der Waals surface area contributed by atoms with Crippen LogP contribution in [0.5, 0.6) is 0 Å². The molecule has 0 aliphatic heterocycles. The van der Waals surface area contributed by atoms with E-state index in [2.05, 4.69) is 4.98 Å². The van der Waals surface area contributed by atoms with Gasteiger partial charge in [-0.1, -0.05) is 11.6 Å². The maximum atomic E-state index is 12.0. The maximum Gasteiger partial charge on any atom is 0.287 e. The largest absolute Gasteiger partial charge is 0.353 e. The van der Waals surface area contributed by atoms with E-state index in [-0.39, 0.29) is 23.7 Å². The fourth-order valence-corrected chi connectivity index (χ4v) is 2.91. The van der Waals surface area contributed by atoms with Crippen LogP contribution in [0.25, 0.3) is 0 Å². The van der Waals surface area contributed by atoms with Crippen molar-refractivity contribution < 1.29 is 9.72 Å². The number of Topliss-reactive ketones (excluding diaryl/α,β-unsaturated/α-hetero) is 1. The molecule has 2 heterocycles. The van der Waals surface area contributed by atoms with Crippen LogP contribution in [-0.4, -0.2) is 34.2 Å². The first-order valence-corrected chi connectivity index (χ1v) is 6.94. The van der Waals surface area contributed by atoms with Crippen LogP contribution in [-0.2, 0) is 6.54 Å². The van der Waals surface area contributed by atoms with E-state index >= 15 is 0 Å². The molecule has 0 aromatic carbocycles. The molecule has 0 amide bonds. The average Bonchev–Trinajstić information content (AvgIpc) is 2.98. The molecule has 0 atom stereocenters. The van der Waals surface area contributed by atoms with Crippen LogP contribution in [0.15, 0.2) is 24.4 Å². The SMILES string of the molecule is CN(CC(=O)c1cc([N+](=O)[O-])c[nH]1)Cc1ccc(Cl)s1. The van der Waals surface area contributed by atoms with Gasteiger partial charge in [0, 0.05) is 17.5 Å². The highest BCUT2D eigenvalue weighted by Crippen LogP contribution is 2.22. The van der Waals surface area contributed by atoms with Crippen molar-refractivity contribution >= 4 is 34.4 Å². The van der Waals surface area contributed by atoms with Crippen molar-refractivity contribution in [3.8, 4) is 0 Å². The molecule has 1 N–H and O–H groups in total. The van der Waals surface area contributed by atoms with Gasteiger partial charge < -0.3 is 4.98 Å². The molecule has 6 nitrogen and oxygen atoms in total. The van der Waals surface area contributed by atoms with Gasteiger partial charge in [-0.2, -0.15) is 0 Å². The van der Waals surface area contributed by atoms with E-state index in [4.69, 9.17) is 11.6 Å². The third-order valence-electron chi connectivity index (χ3n) is 2.65. The number of thiophene rings is 1. The summed E-state index contributed by atoms with van der Waals surface area (Å²) in [5.74, 6) is -0.191. The van der Waals surface area contributed by atoms with Crippen LogP contribution < -0.4 is 0 Å². The molecule has 0 aliphatic carbocycles. The summed E-state index contributed by atoms with van der Waals surface area (Å²) in [6, 6.07) is 4.97. The lowest BCUT2D eigenvalue weighted by atomic mass is 10.2. The average molecular weight is 314 g/mol. The Morgan fingerprint density at radius 1 is 1.55 bits per heavy atom. The molecule has 2 aromatic rings. The molecule has 0 aliphatic rings. The molecule has 0 bridgehead atoms. The van der Waals surface area contributed by atoms with Gasteiger partial charge in [0.05, 0.1) is 27.7 Å². The molecule has 0 spiro atoms. The number of carbonyl (C=O) groups is 1. The molecular formula is C12H12ClN3O3S. The minimum Gasteiger partial charge on any atom is -0.353 e. The number of ketones is 1. The van der Waals surface area contributed by atoms with Gasteiger partial charge in [0.2, 0.25) is 0 Å². The standard InChI is InChI=1S/C12H12ClN3O3S/c1-15(6-9-2-3-12(13)20-9)7-11(17)10-4-8(5-14-10)16(18)19/h2-5,14H,6-7H2,1H3. The molecule has 8 heteroatoms. The predicted octanol–water partition coefficient (Wildman–Crippen LogP) is 2.95. The highest BCUT2D eigenvalue weighted by Gasteiger charge is 2.16. The van der Waals surface area contributed by atoms with Gasteiger partial charge in [-0.05, 0) is 19.2 Å². The van der Waals surface area contributed by atoms with Crippen molar-refractivity contribution in [3.63, 3.8) is 0 Å². The number of carbonyl (C=O) groups excluding carboxylic acids is 1. The fourth-order valence-electron chi connectivity index (χ4n) is 1.74. The second-order valence-electron chi connectivity index (χ2n) is 4.33. The van der Waals surface area contributed by atoms with E-state index < -0.39 is 4.92 Å². The minimum absolute atomic E-state index is 0.110. The molecule has 0 fully saturated rings. The third-order valence-corrected chi connectivity index (χ3v) is 3.86. The zero-order valence-electron chi connectivity index (χ0n) is 10.6. The summed E-state index contributed by atoms with van der Waals surface area (Å²) in [5, 5.41) is 10.6. The van der Waals surface area contributed by atoms with Gasteiger partial charge in [-0.3, -0.25) is 19.8 Å². The summed E-state index contributed by atoms with van der Waals surface area (Å²) in [6.07, 6.45) is 1.21. The Morgan fingerprint density at radius 2 is 2.30 bits per heavy atom. The van der Waals surface area contributed by atoms with Crippen molar-refractivity contribution in [3.05, 3.63) is 49.4 Å². The number of aromatic nitrogens is 1. The highest BCUT2D eigenvalue weighted by molar-refractivity contribution is 7.16. The summed E-state index contributed by atoms with van der Waals surface area (Å²) in [5.41, 5.74) is 0.133. The summed E-state index contributed by atoms with van der Waals surface area (Å²) in [7, 11) is 1.81. The van der Waals surface area contributed by atoms with Crippen molar-refractivity contribution in [1.82, 2.24) is 9.88 Å². The number of aromatic amines is 1. The quantitative estimate of drug-likeness (QED) is 0.505. The van der Waals surface area contributed by atoms with Crippen LogP contribution in [0, 0.1) is 10.1 Å². The smallest absolute Gasteiger partial charge is 0.287 e. The first-order chi connectivity index (χ1) is 9.45. The lowest BCUT2D eigenvalue weighted by Crippen LogP contribution is -2.25. The van der Waals surface area contributed by atoms with E-state index in [1.54, 1.807) is 0 Å². The van der Waals surface area contributed by atoms with Gasteiger partial charge in [-0.25, -0.2) is 0 Å². The van der Waals surface area contributed by atoms with E-state index in [1.165, 1.54) is 23.6 Å². The summed E-state index contributed by atoms with van der Waals surface area (Å²) in [6.45, 7) is 0.777. The van der Waals surface area contributed by atoms with Crippen LogP contribution in [0.3, 0.4) is 0 Å². The zero-order valence-corrected chi connectivity index (χ0v) is 12.2. The molecule has 0 saturated heterocycles. The number of nitrogens with zero attached hydrogens (tertiary/aromatic N) is 2. The van der Waals surface area contributed by atoms with Crippen LogP contribution in [0.2, 0.25) is 4.34 Å². The van der Waals surface area contributed by atoms with E-state index in [0.717, 1.165) is 4.88 Å². The van der Waals surface area contributed by atoms with Gasteiger partial charge >= 0.3 is 0 Å². The lowest BCUT2D eigenvalue weighted by molar-refractivity contribution is -0.384. The monoisotopic (exact) mass is 313 g/mol. The number of likely N-dealkylation sites (N-methyl/N-ethyl adjacent to an activating group) is 1. The van der Waals surface area contributed by atoms with E-state index in [0.29, 0.717) is 10.9 Å². The number of rotatable bonds is 6. The molecular weight excluding hydrogens is 302 g/mol. The van der Waals surface area contributed by atoms with Crippen LogP contribution >= 0.6 is 22.9 Å². The lowest BCUT2D eigenvalue weighted by Gasteiger charge is -2.13. The van der Waals surface area contributed by atoms with Crippen molar-refractivity contribution in [2.75, 3.05) is 13.6 Å². The topological polar surface area (TPSA) is 79.2 Å². The fraction of sp³-hybridized carbons (Fsp3) is 0.250. The van der Waals surface area contributed by atoms with Crippen molar-refractivity contribution in [2.45, 2.75) is 6.54 Å². The molecule has 0 radical (unpaired) electrons. The molecule has 0 saturated carbocycles. The number of hydrogen-bond acceptors (Lipinski definition) is 5. The predicted molar refractivity (Wildman–Crippen MR) is 77.4 cm³/mol. The van der Waals surface area contributed by atoms with Crippen molar-refractivity contribution in [2.24, 2.45) is 0 Å². The van der Waals surface area contributed by atoms with Crippen LogP contribution in [0.4, 0.5) is 5.69 Å². The molecule has 2 aromatic heterocycles. The second kappa shape index (κ2) is 6.17. The Bertz CT molecular complexity index is 637. The Morgan fingerprint density at radius 3 is 2.85 bits per heavy atom. The van der Waals surface area contributed by atoms with Crippen molar-refractivity contribution in [1.29, 1.82) is 0 Å². The Kier molecular flexibility index (Phi) is 4.53.